The van der Waals surface area contributed by atoms with Crippen molar-refractivity contribution in [3.63, 3.8) is 0 Å². The molecule has 1 aliphatic rings. The van der Waals surface area contributed by atoms with Crippen molar-refractivity contribution in [1.82, 2.24) is 4.90 Å². The van der Waals surface area contributed by atoms with E-state index >= 15 is 0 Å². The zero-order valence-corrected chi connectivity index (χ0v) is 11.7. The summed E-state index contributed by atoms with van der Waals surface area (Å²) in [5, 5.41) is 2.70. The van der Waals surface area contributed by atoms with Gasteiger partial charge in [-0.05, 0) is 31.0 Å². The summed E-state index contributed by atoms with van der Waals surface area (Å²) >= 11 is 0. The number of carbonyl (C=O) groups excluding carboxylic acids is 1. The van der Waals surface area contributed by atoms with Crippen LogP contribution in [0.3, 0.4) is 0 Å². The van der Waals surface area contributed by atoms with Gasteiger partial charge in [0.25, 0.3) is 0 Å². The average molecular weight is 277 g/mol. The molecule has 0 unspecified atom stereocenters. The number of likely N-dealkylation sites (N-methyl/N-ethyl adjacent to an activating group) is 1. The van der Waals surface area contributed by atoms with Crippen LogP contribution in [-0.2, 0) is 0 Å². The van der Waals surface area contributed by atoms with E-state index in [2.05, 4.69) is 16.8 Å². The number of hydrogen-bond donors (Lipinski definition) is 1. The molecule has 1 aliphatic heterocycles. The van der Waals surface area contributed by atoms with Gasteiger partial charge in [-0.3, -0.25) is 0 Å². The Kier molecular flexibility index (Phi) is 4.61. The molecular weight excluding hydrogens is 257 g/mol. The largest absolute Gasteiger partial charge is 0.371 e. The molecule has 5 heteroatoms. The third-order valence-corrected chi connectivity index (χ3v) is 3.35. The molecule has 0 saturated carbocycles. The molecular formula is C15H20FN3O. The Morgan fingerprint density at radius 2 is 2.15 bits per heavy atom. The number of carbonyl (C=O) groups is 1. The first-order valence-electron chi connectivity index (χ1n) is 6.78. The highest BCUT2D eigenvalue weighted by Gasteiger charge is 2.15. The maximum atomic E-state index is 13.7. The smallest absolute Gasteiger partial charge is 0.321 e. The van der Waals surface area contributed by atoms with Crippen molar-refractivity contribution < 1.29 is 9.18 Å². The van der Waals surface area contributed by atoms with Crippen LogP contribution in [0.15, 0.2) is 30.9 Å². The molecule has 0 radical (unpaired) electrons. The van der Waals surface area contributed by atoms with E-state index in [1.807, 2.05) is 6.07 Å². The van der Waals surface area contributed by atoms with Crippen LogP contribution in [0.2, 0.25) is 0 Å². The van der Waals surface area contributed by atoms with Crippen LogP contribution in [0, 0.1) is 5.82 Å². The topological polar surface area (TPSA) is 35.6 Å². The summed E-state index contributed by atoms with van der Waals surface area (Å²) in [4.78, 5) is 15.5. The Bertz CT molecular complexity index is 498. The molecule has 2 rings (SSSR count). The summed E-state index contributed by atoms with van der Waals surface area (Å²) in [6, 6.07) is 4.38. The van der Waals surface area contributed by atoms with Crippen LogP contribution in [0.1, 0.15) is 12.8 Å². The fourth-order valence-electron chi connectivity index (χ4n) is 2.30. The van der Waals surface area contributed by atoms with Gasteiger partial charge in [-0.1, -0.05) is 6.08 Å². The average Bonchev–Trinajstić information content (AvgIpc) is 2.92. The van der Waals surface area contributed by atoms with Crippen LogP contribution in [0.25, 0.3) is 0 Å². The molecule has 4 nitrogen and oxygen atoms in total. The van der Waals surface area contributed by atoms with Crippen molar-refractivity contribution in [3.05, 3.63) is 36.7 Å². The van der Waals surface area contributed by atoms with Crippen molar-refractivity contribution in [2.75, 3.05) is 36.9 Å². The lowest BCUT2D eigenvalue weighted by Crippen LogP contribution is -2.31. The van der Waals surface area contributed by atoms with Gasteiger partial charge in [0, 0.05) is 38.1 Å². The standard InChI is InChI=1S/C15H20FN3O/c1-3-6-18(2)15(20)17-13-9-12(16)10-14(11-13)19-7-4-5-8-19/h3,9-11H,1,4-8H2,2H3,(H,17,20). The zero-order chi connectivity index (χ0) is 14.5. The van der Waals surface area contributed by atoms with Crippen LogP contribution in [0.4, 0.5) is 20.6 Å². The summed E-state index contributed by atoms with van der Waals surface area (Å²) < 4.78 is 13.7. The summed E-state index contributed by atoms with van der Waals surface area (Å²) in [5.41, 5.74) is 1.30. The minimum Gasteiger partial charge on any atom is -0.371 e. The molecule has 2 amide bonds. The van der Waals surface area contributed by atoms with Gasteiger partial charge in [-0.25, -0.2) is 9.18 Å². The van der Waals surface area contributed by atoms with Crippen molar-refractivity contribution >= 4 is 17.4 Å². The van der Waals surface area contributed by atoms with E-state index < -0.39 is 0 Å². The van der Waals surface area contributed by atoms with E-state index in [-0.39, 0.29) is 11.8 Å². The van der Waals surface area contributed by atoms with Gasteiger partial charge in [0.1, 0.15) is 5.82 Å². The molecule has 20 heavy (non-hydrogen) atoms. The van der Waals surface area contributed by atoms with E-state index in [4.69, 9.17) is 0 Å². The molecule has 1 fully saturated rings. The van der Waals surface area contributed by atoms with Crippen molar-refractivity contribution in [3.8, 4) is 0 Å². The SMILES string of the molecule is C=CCN(C)C(=O)Nc1cc(F)cc(N2CCCC2)c1. The number of amides is 2. The Balaban J connectivity index is 2.11. The zero-order valence-electron chi connectivity index (χ0n) is 11.7. The minimum absolute atomic E-state index is 0.275. The van der Waals surface area contributed by atoms with Crippen LogP contribution in [0.5, 0.6) is 0 Å². The Hall–Kier alpha value is -2.04. The first-order valence-corrected chi connectivity index (χ1v) is 6.78. The van der Waals surface area contributed by atoms with E-state index in [0.29, 0.717) is 12.2 Å². The Morgan fingerprint density at radius 1 is 1.45 bits per heavy atom. The molecule has 0 aliphatic carbocycles. The van der Waals surface area contributed by atoms with E-state index in [0.717, 1.165) is 31.6 Å². The highest BCUT2D eigenvalue weighted by molar-refractivity contribution is 5.89. The molecule has 1 aromatic rings. The first kappa shape index (κ1) is 14.4. The molecule has 1 N–H and O–H groups in total. The van der Waals surface area contributed by atoms with E-state index in [9.17, 15) is 9.18 Å². The lowest BCUT2D eigenvalue weighted by Gasteiger charge is -2.20. The van der Waals surface area contributed by atoms with Gasteiger partial charge in [-0.2, -0.15) is 0 Å². The second-order valence-corrected chi connectivity index (χ2v) is 4.99. The monoisotopic (exact) mass is 277 g/mol. The highest BCUT2D eigenvalue weighted by Crippen LogP contribution is 2.25. The van der Waals surface area contributed by atoms with Gasteiger partial charge in [-0.15, -0.1) is 6.58 Å². The normalized spacial score (nSPS) is 14.2. The third kappa shape index (κ3) is 3.50. The molecule has 1 saturated heterocycles. The summed E-state index contributed by atoms with van der Waals surface area (Å²) in [6.45, 7) is 5.90. The number of rotatable bonds is 4. The maximum Gasteiger partial charge on any atom is 0.321 e. The van der Waals surface area contributed by atoms with Gasteiger partial charge in [0.2, 0.25) is 0 Å². The predicted molar refractivity (Wildman–Crippen MR) is 79.7 cm³/mol. The summed E-state index contributed by atoms with van der Waals surface area (Å²) in [5.74, 6) is -0.337. The van der Waals surface area contributed by atoms with Crippen LogP contribution in [-0.4, -0.2) is 37.6 Å². The predicted octanol–water partition coefficient (Wildman–Crippen LogP) is 3.08. The quantitative estimate of drug-likeness (QED) is 0.858. The molecule has 108 valence electrons. The van der Waals surface area contributed by atoms with Gasteiger partial charge in [0.05, 0.1) is 0 Å². The third-order valence-electron chi connectivity index (χ3n) is 3.35. The van der Waals surface area contributed by atoms with E-state index in [1.54, 1.807) is 13.1 Å². The second kappa shape index (κ2) is 6.41. The van der Waals surface area contributed by atoms with Crippen LogP contribution >= 0.6 is 0 Å². The first-order chi connectivity index (χ1) is 9.60. The summed E-state index contributed by atoms with van der Waals surface area (Å²) in [7, 11) is 1.66. The van der Waals surface area contributed by atoms with Crippen LogP contribution < -0.4 is 10.2 Å². The lowest BCUT2D eigenvalue weighted by atomic mass is 10.2. The minimum atomic E-state index is -0.337. The number of anilines is 2. The van der Waals surface area contributed by atoms with E-state index in [1.165, 1.54) is 17.0 Å². The highest BCUT2D eigenvalue weighted by atomic mass is 19.1. The Labute approximate surface area is 118 Å². The molecule has 0 atom stereocenters. The number of nitrogens with one attached hydrogen (secondary N) is 1. The fourth-order valence-corrected chi connectivity index (χ4v) is 2.30. The number of hydrogen-bond acceptors (Lipinski definition) is 2. The molecule has 0 spiro atoms. The number of nitrogens with zero attached hydrogens (tertiary/aromatic N) is 2. The molecule has 0 aromatic heterocycles. The fraction of sp³-hybridized carbons (Fsp3) is 0.400. The second-order valence-electron chi connectivity index (χ2n) is 4.99. The Morgan fingerprint density at radius 3 is 2.80 bits per heavy atom. The van der Waals surface area contributed by atoms with Crippen molar-refractivity contribution in [2.45, 2.75) is 12.8 Å². The summed E-state index contributed by atoms with van der Waals surface area (Å²) in [6.07, 6.45) is 3.89. The lowest BCUT2D eigenvalue weighted by molar-refractivity contribution is 0.226. The molecule has 1 heterocycles. The van der Waals surface area contributed by atoms with Crippen molar-refractivity contribution in [2.24, 2.45) is 0 Å². The van der Waals surface area contributed by atoms with Gasteiger partial charge in [0.15, 0.2) is 0 Å². The molecule has 1 aromatic carbocycles. The van der Waals surface area contributed by atoms with Crippen molar-refractivity contribution in [1.29, 1.82) is 0 Å². The number of urea groups is 1. The van der Waals surface area contributed by atoms with Gasteiger partial charge >= 0.3 is 6.03 Å². The van der Waals surface area contributed by atoms with Gasteiger partial charge < -0.3 is 15.1 Å². The maximum absolute atomic E-state index is 13.7. The molecule has 0 bridgehead atoms. The number of benzene rings is 1. The number of halogens is 1.